The molecule has 0 aromatic heterocycles. The van der Waals surface area contributed by atoms with Crippen LogP contribution < -0.4 is 10.1 Å². The van der Waals surface area contributed by atoms with Gasteiger partial charge >= 0.3 is 5.97 Å². The van der Waals surface area contributed by atoms with Crippen LogP contribution in [0.3, 0.4) is 0 Å². The minimum Gasteiger partial charge on any atom is -0.497 e. The number of carbonyl (C=O) groups excluding carboxylic acids is 2. The fourth-order valence-corrected chi connectivity index (χ4v) is 2.34. The molecule has 0 radical (unpaired) electrons. The molecule has 0 bridgehead atoms. The van der Waals surface area contributed by atoms with E-state index >= 15 is 0 Å². The van der Waals surface area contributed by atoms with Crippen LogP contribution in [0.25, 0.3) is 0 Å². The van der Waals surface area contributed by atoms with Crippen LogP contribution in [-0.2, 0) is 14.3 Å². The molecule has 1 saturated carbocycles. The van der Waals surface area contributed by atoms with Gasteiger partial charge in [0.1, 0.15) is 5.75 Å². The number of hydrogen-bond acceptors (Lipinski definition) is 4. The first-order valence-corrected chi connectivity index (χ1v) is 7.88. The van der Waals surface area contributed by atoms with E-state index in [1.165, 1.54) is 0 Å². The lowest BCUT2D eigenvalue weighted by atomic mass is 10.1. The Morgan fingerprint density at radius 3 is 2.50 bits per heavy atom. The normalized spacial score (nSPS) is 14.5. The van der Waals surface area contributed by atoms with Crippen LogP contribution in [-0.4, -0.2) is 19.0 Å². The quantitative estimate of drug-likeness (QED) is 0.828. The number of methoxy groups -OCH3 is 1. The number of ether oxygens (including phenoxy) is 2. The minimum atomic E-state index is -0.967. The summed E-state index contributed by atoms with van der Waals surface area (Å²) in [4.78, 5) is 24.7. The van der Waals surface area contributed by atoms with Gasteiger partial charge < -0.3 is 14.8 Å². The summed E-state index contributed by atoms with van der Waals surface area (Å²) in [6.07, 6.45) is 0.695. The van der Waals surface area contributed by atoms with Crippen molar-refractivity contribution in [1.29, 1.82) is 0 Å². The number of amides is 1. The highest BCUT2D eigenvalue weighted by Gasteiger charge is 2.35. The Kier molecular flexibility index (Phi) is 4.79. The summed E-state index contributed by atoms with van der Waals surface area (Å²) in [5, 5.41) is 2.78. The van der Waals surface area contributed by atoms with Crippen molar-refractivity contribution in [3.05, 3.63) is 60.2 Å². The van der Waals surface area contributed by atoms with Crippen molar-refractivity contribution in [3.8, 4) is 5.75 Å². The second kappa shape index (κ2) is 7.17. The molecule has 3 rings (SSSR count). The number of esters is 1. The van der Waals surface area contributed by atoms with Crippen LogP contribution in [0.2, 0.25) is 0 Å². The highest BCUT2D eigenvalue weighted by molar-refractivity contribution is 5.96. The first-order chi connectivity index (χ1) is 11.7. The fraction of sp³-hybridized carbons (Fsp3) is 0.263. The predicted octanol–water partition coefficient (Wildman–Crippen LogP) is 3.33. The lowest BCUT2D eigenvalue weighted by molar-refractivity contribution is -0.156. The summed E-state index contributed by atoms with van der Waals surface area (Å²) in [6, 6.07) is 16.1. The molecule has 1 fully saturated rings. The standard InChI is InChI=1S/C19H19NO4/c1-23-16-9-5-8-15(12-16)20-18(21)17(13-6-3-2-4-7-13)24-19(22)14-10-11-14/h2-9,12,14,17H,10-11H2,1H3,(H,20,21)/t17-/m1/s1. The van der Waals surface area contributed by atoms with E-state index in [2.05, 4.69) is 5.32 Å². The second-order valence-corrected chi connectivity index (χ2v) is 5.72. The Hall–Kier alpha value is -2.82. The zero-order valence-electron chi connectivity index (χ0n) is 13.4. The molecule has 1 amide bonds. The largest absolute Gasteiger partial charge is 0.497 e. The van der Waals surface area contributed by atoms with E-state index in [4.69, 9.17) is 9.47 Å². The van der Waals surface area contributed by atoms with Crippen LogP contribution in [0, 0.1) is 5.92 Å². The number of hydrogen-bond donors (Lipinski definition) is 1. The molecule has 0 saturated heterocycles. The van der Waals surface area contributed by atoms with Crippen LogP contribution >= 0.6 is 0 Å². The van der Waals surface area contributed by atoms with E-state index in [9.17, 15) is 9.59 Å². The third-order valence-electron chi connectivity index (χ3n) is 3.82. The van der Waals surface area contributed by atoms with Gasteiger partial charge in [-0.2, -0.15) is 0 Å². The zero-order chi connectivity index (χ0) is 16.9. The molecule has 0 unspecified atom stereocenters. The van der Waals surface area contributed by atoms with Crippen molar-refractivity contribution in [3.63, 3.8) is 0 Å². The summed E-state index contributed by atoms with van der Waals surface area (Å²) in [6.45, 7) is 0. The summed E-state index contributed by atoms with van der Waals surface area (Å²) >= 11 is 0. The van der Waals surface area contributed by atoms with Crippen molar-refractivity contribution >= 4 is 17.6 Å². The lowest BCUT2D eigenvalue weighted by Gasteiger charge is -2.18. The van der Waals surface area contributed by atoms with Gasteiger partial charge in [-0.25, -0.2) is 0 Å². The SMILES string of the molecule is COc1cccc(NC(=O)[C@H](OC(=O)C2CC2)c2ccccc2)c1. The van der Waals surface area contributed by atoms with Gasteiger partial charge in [0, 0.05) is 17.3 Å². The average Bonchev–Trinajstić information content (AvgIpc) is 3.45. The van der Waals surface area contributed by atoms with Crippen molar-refractivity contribution in [1.82, 2.24) is 0 Å². The van der Waals surface area contributed by atoms with Crippen LogP contribution in [0.15, 0.2) is 54.6 Å². The van der Waals surface area contributed by atoms with E-state index < -0.39 is 6.10 Å². The Morgan fingerprint density at radius 2 is 1.83 bits per heavy atom. The lowest BCUT2D eigenvalue weighted by Crippen LogP contribution is -2.26. The van der Waals surface area contributed by atoms with E-state index in [0.29, 0.717) is 17.0 Å². The molecule has 5 heteroatoms. The number of rotatable bonds is 6. The Morgan fingerprint density at radius 1 is 1.08 bits per heavy atom. The van der Waals surface area contributed by atoms with Crippen LogP contribution in [0.5, 0.6) is 5.75 Å². The van der Waals surface area contributed by atoms with Crippen molar-refractivity contribution < 1.29 is 19.1 Å². The van der Waals surface area contributed by atoms with Gasteiger partial charge in [-0.3, -0.25) is 9.59 Å². The number of carbonyl (C=O) groups is 2. The first-order valence-electron chi connectivity index (χ1n) is 7.88. The maximum absolute atomic E-state index is 12.7. The number of nitrogens with one attached hydrogen (secondary N) is 1. The van der Waals surface area contributed by atoms with E-state index in [-0.39, 0.29) is 17.8 Å². The van der Waals surface area contributed by atoms with Gasteiger partial charge in [0.25, 0.3) is 5.91 Å². The van der Waals surface area contributed by atoms with Crippen molar-refractivity contribution in [2.24, 2.45) is 5.92 Å². The van der Waals surface area contributed by atoms with Gasteiger partial charge in [-0.15, -0.1) is 0 Å². The molecule has 1 N–H and O–H groups in total. The molecule has 0 heterocycles. The van der Waals surface area contributed by atoms with Gasteiger partial charge in [-0.05, 0) is 25.0 Å². The Bertz CT molecular complexity index is 725. The summed E-state index contributed by atoms with van der Waals surface area (Å²) in [5.41, 5.74) is 1.23. The molecule has 24 heavy (non-hydrogen) atoms. The molecule has 2 aromatic rings. The highest BCUT2D eigenvalue weighted by atomic mass is 16.5. The minimum absolute atomic E-state index is 0.0687. The molecule has 124 valence electrons. The molecule has 0 aliphatic heterocycles. The van der Waals surface area contributed by atoms with Gasteiger partial charge in [0.05, 0.1) is 13.0 Å². The van der Waals surface area contributed by atoms with Gasteiger partial charge in [0.15, 0.2) is 0 Å². The maximum Gasteiger partial charge on any atom is 0.310 e. The molecule has 0 spiro atoms. The van der Waals surface area contributed by atoms with E-state index in [1.54, 1.807) is 43.5 Å². The van der Waals surface area contributed by atoms with E-state index in [1.807, 2.05) is 18.2 Å². The third kappa shape index (κ3) is 3.93. The Balaban J connectivity index is 1.78. The molecule has 1 atom stereocenters. The van der Waals surface area contributed by atoms with Crippen molar-refractivity contribution in [2.75, 3.05) is 12.4 Å². The molecular weight excluding hydrogens is 306 g/mol. The summed E-state index contributed by atoms with van der Waals surface area (Å²) < 4.78 is 10.6. The smallest absolute Gasteiger partial charge is 0.310 e. The van der Waals surface area contributed by atoms with Crippen LogP contribution in [0.4, 0.5) is 5.69 Å². The van der Waals surface area contributed by atoms with E-state index in [0.717, 1.165) is 12.8 Å². The van der Waals surface area contributed by atoms with Crippen molar-refractivity contribution in [2.45, 2.75) is 18.9 Å². The zero-order valence-corrected chi connectivity index (χ0v) is 13.4. The van der Waals surface area contributed by atoms with Gasteiger partial charge in [0.2, 0.25) is 6.10 Å². The fourth-order valence-electron chi connectivity index (χ4n) is 2.34. The topological polar surface area (TPSA) is 64.6 Å². The number of benzene rings is 2. The molecule has 2 aromatic carbocycles. The molecule has 1 aliphatic carbocycles. The summed E-state index contributed by atoms with van der Waals surface area (Å²) in [5.74, 6) is -0.132. The monoisotopic (exact) mass is 325 g/mol. The molecule has 1 aliphatic rings. The third-order valence-corrected chi connectivity index (χ3v) is 3.82. The molecular formula is C19H19NO4. The number of anilines is 1. The van der Waals surface area contributed by atoms with Gasteiger partial charge in [-0.1, -0.05) is 36.4 Å². The Labute approximate surface area is 140 Å². The predicted molar refractivity (Wildman–Crippen MR) is 89.6 cm³/mol. The highest BCUT2D eigenvalue weighted by Crippen LogP contribution is 2.33. The molecule has 5 nitrogen and oxygen atoms in total. The second-order valence-electron chi connectivity index (χ2n) is 5.72. The van der Waals surface area contributed by atoms with Crippen LogP contribution in [0.1, 0.15) is 24.5 Å². The summed E-state index contributed by atoms with van der Waals surface area (Å²) in [7, 11) is 1.56. The first kappa shape index (κ1) is 16.1. The maximum atomic E-state index is 12.7. The average molecular weight is 325 g/mol.